The smallest absolute Gasteiger partial charge is 0.272 e. The van der Waals surface area contributed by atoms with Gasteiger partial charge in [-0.1, -0.05) is 11.6 Å². The van der Waals surface area contributed by atoms with Crippen molar-refractivity contribution < 1.29 is 9.53 Å². The van der Waals surface area contributed by atoms with E-state index in [1.165, 1.54) is 11.8 Å². The molecule has 7 heteroatoms. The molecule has 1 amide bonds. The van der Waals surface area contributed by atoms with Crippen LogP contribution in [-0.4, -0.2) is 34.4 Å². The predicted molar refractivity (Wildman–Crippen MR) is 104 cm³/mol. The number of nitrogens with zero attached hydrogens (tertiary/aromatic N) is 1. The van der Waals surface area contributed by atoms with Crippen LogP contribution in [0.5, 0.6) is 5.75 Å². The van der Waals surface area contributed by atoms with Crippen LogP contribution in [0.15, 0.2) is 29.3 Å². The third-order valence-electron chi connectivity index (χ3n) is 3.09. The van der Waals surface area contributed by atoms with Crippen LogP contribution in [0.4, 0.5) is 0 Å². The second-order valence-electron chi connectivity index (χ2n) is 6.28. The summed E-state index contributed by atoms with van der Waals surface area (Å²) in [4.78, 5) is 17.8. The lowest BCUT2D eigenvalue weighted by atomic mass is 10.1. The summed E-state index contributed by atoms with van der Waals surface area (Å²) in [5.74, 6) is 0.387. The number of thioether (sulfide) groups is 2. The number of halogens is 1. The van der Waals surface area contributed by atoms with Crippen molar-refractivity contribution in [2.75, 3.05) is 12.5 Å². The first-order valence-corrected chi connectivity index (χ1v) is 10.3. The van der Waals surface area contributed by atoms with Gasteiger partial charge in [-0.25, -0.2) is 0 Å². The third kappa shape index (κ3) is 4.94. The highest BCUT2D eigenvalue weighted by Crippen LogP contribution is 2.31. The predicted octanol–water partition coefficient (Wildman–Crippen LogP) is 4.59. The number of aromatic nitrogens is 1. The van der Waals surface area contributed by atoms with E-state index >= 15 is 0 Å². The number of pyridine rings is 1. The maximum absolute atomic E-state index is 12.3. The van der Waals surface area contributed by atoms with Crippen LogP contribution in [-0.2, 0) is 4.79 Å². The molecule has 2 aromatic rings. The Kier molecular flexibility index (Phi) is 6.28. The van der Waals surface area contributed by atoms with Gasteiger partial charge in [0.2, 0.25) is 5.44 Å². The van der Waals surface area contributed by atoms with Gasteiger partial charge in [-0.05, 0) is 45.4 Å². The standard InChI is InChI=1S/C17H21ClN2O2S2/c1-17(2,3)20-15(21)16(24-5)22-11-6-10-7-12(23-4)9-19-14(10)13(18)8-11/h6-9,16H,1-5H3,(H,20,21). The SMILES string of the molecule is CSc1cnc2c(Cl)cc(OC(SC)C(=O)NC(C)(C)C)cc2c1. The molecular formula is C17H21ClN2O2S2. The van der Waals surface area contributed by atoms with Crippen molar-refractivity contribution in [3.63, 3.8) is 0 Å². The summed E-state index contributed by atoms with van der Waals surface area (Å²) < 4.78 is 5.87. The lowest BCUT2D eigenvalue weighted by Crippen LogP contribution is -2.46. The Bertz CT molecular complexity index is 747. The van der Waals surface area contributed by atoms with Gasteiger partial charge in [-0.3, -0.25) is 9.78 Å². The molecule has 0 fully saturated rings. The third-order valence-corrected chi connectivity index (χ3v) is 4.81. The largest absolute Gasteiger partial charge is 0.470 e. The van der Waals surface area contributed by atoms with Crippen LogP contribution in [0.25, 0.3) is 10.9 Å². The minimum absolute atomic E-state index is 0.165. The Balaban J connectivity index is 2.29. The Morgan fingerprint density at radius 2 is 2.00 bits per heavy atom. The number of rotatable bonds is 5. The van der Waals surface area contributed by atoms with Crippen LogP contribution in [0.3, 0.4) is 0 Å². The molecule has 1 heterocycles. The topological polar surface area (TPSA) is 51.2 Å². The molecular weight excluding hydrogens is 364 g/mol. The van der Waals surface area contributed by atoms with Crippen LogP contribution in [0, 0.1) is 0 Å². The van der Waals surface area contributed by atoms with E-state index in [1.54, 1.807) is 24.0 Å². The normalized spacial score (nSPS) is 12.9. The highest BCUT2D eigenvalue weighted by atomic mass is 35.5. The van der Waals surface area contributed by atoms with Gasteiger partial charge in [-0.15, -0.1) is 23.5 Å². The summed E-state index contributed by atoms with van der Waals surface area (Å²) in [6, 6.07) is 5.57. The molecule has 1 atom stereocenters. The van der Waals surface area contributed by atoms with Crippen LogP contribution < -0.4 is 10.1 Å². The second-order valence-corrected chi connectivity index (χ2v) is 8.46. The zero-order valence-corrected chi connectivity index (χ0v) is 16.7. The number of hydrogen-bond acceptors (Lipinski definition) is 5. The van der Waals surface area contributed by atoms with Gasteiger partial charge < -0.3 is 10.1 Å². The first-order chi connectivity index (χ1) is 11.2. The Hall–Kier alpha value is -1.11. The second kappa shape index (κ2) is 7.85. The van der Waals surface area contributed by atoms with Gasteiger partial charge in [0.05, 0.1) is 10.5 Å². The van der Waals surface area contributed by atoms with Gasteiger partial charge in [0.25, 0.3) is 5.91 Å². The van der Waals surface area contributed by atoms with Gasteiger partial charge in [-0.2, -0.15) is 0 Å². The molecule has 130 valence electrons. The fourth-order valence-corrected chi connectivity index (χ4v) is 3.25. The quantitative estimate of drug-likeness (QED) is 0.603. The number of carbonyl (C=O) groups excluding carboxylic acids is 1. The van der Waals surface area contributed by atoms with Crippen molar-refractivity contribution in [3.05, 3.63) is 29.4 Å². The number of ether oxygens (including phenoxy) is 1. The highest BCUT2D eigenvalue weighted by Gasteiger charge is 2.24. The number of amides is 1. The molecule has 24 heavy (non-hydrogen) atoms. The molecule has 0 bridgehead atoms. The van der Waals surface area contributed by atoms with Crippen molar-refractivity contribution >= 4 is 51.9 Å². The van der Waals surface area contributed by atoms with E-state index in [0.29, 0.717) is 10.8 Å². The summed E-state index contributed by atoms with van der Waals surface area (Å²) in [5, 5.41) is 4.32. The average Bonchev–Trinajstić information content (AvgIpc) is 2.50. The van der Waals surface area contributed by atoms with Gasteiger partial charge in [0.15, 0.2) is 0 Å². The van der Waals surface area contributed by atoms with Gasteiger partial charge >= 0.3 is 0 Å². The maximum atomic E-state index is 12.3. The molecule has 1 N–H and O–H groups in total. The maximum Gasteiger partial charge on any atom is 0.272 e. The molecule has 1 unspecified atom stereocenters. The van der Waals surface area contributed by atoms with Crippen molar-refractivity contribution in [1.29, 1.82) is 0 Å². The number of fused-ring (bicyclic) bond motifs is 1. The monoisotopic (exact) mass is 384 g/mol. The van der Waals surface area contributed by atoms with E-state index in [1.807, 2.05) is 45.4 Å². The average molecular weight is 385 g/mol. The van der Waals surface area contributed by atoms with E-state index in [0.717, 1.165) is 15.8 Å². The van der Waals surface area contributed by atoms with Crippen LogP contribution in [0.1, 0.15) is 20.8 Å². The molecule has 0 saturated heterocycles. The molecule has 0 spiro atoms. The summed E-state index contributed by atoms with van der Waals surface area (Å²) in [5.41, 5.74) is -0.233. The number of hydrogen-bond donors (Lipinski definition) is 1. The van der Waals surface area contributed by atoms with Crippen molar-refractivity contribution in [1.82, 2.24) is 10.3 Å². The van der Waals surface area contributed by atoms with Gasteiger partial charge in [0, 0.05) is 28.1 Å². The van der Waals surface area contributed by atoms with Crippen molar-refractivity contribution in [2.24, 2.45) is 0 Å². The van der Waals surface area contributed by atoms with E-state index in [9.17, 15) is 4.79 Å². The lowest BCUT2D eigenvalue weighted by molar-refractivity contribution is -0.125. The minimum Gasteiger partial charge on any atom is -0.470 e. The molecule has 0 aliphatic heterocycles. The number of nitrogens with one attached hydrogen (secondary N) is 1. The zero-order valence-electron chi connectivity index (χ0n) is 14.3. The fraction of sp³-hybridized carbons (Fsp3) is 0.412. The fourth-order valence-electron chi connectivity index (χ4n) is 2.10. The first-order valence-electron chi connectivity index (χ1n) is 7.38. The van der Waals surface area contributed by atoms with E-state index in [-0.39, 0.29) is 11.4 Å². The molecule has 2 rings (SSSR count). The molecule has 0 aliphatic rings. The summed E-state index contributed by atoms with van der Waals surface area (Å²) in [6.07, 6.45) is 5.62. The van der Waals surface area contributed by atoms with E-state index < -0.39 is 5.44 Å². The summed E-state index contributed by atoms with van der Waals surface area (Å²) >= 11 is 9.26. The first kappa shape index (κ1) is 19.2. The van der Waals surface area contributed by atoms with E-state index in [2.05, 4.69) is 10.3 Å². The van der Waals surface area contributed by atoms with Crippen molar-refractivity contribution in [3.8, 4) is 5.75 Å². The molecule has 4 nitrogen and oxygen atoms in total. The Labute approximate surface area is 156 Å². The minimum atomic E-state index is -0.644. The molecule has 1 aromatic heterocycles. The zero-order chi connectivity index (χ0) is 17.9. The molecule has 1 aromatic carbocycles. The summed E-state index contributed by atoms with van der Waals surface area (Å²) in [7, 11) is 0. The van der Waals surface area contributed by atoms with Crippen LogP contribution >= 0.6 is 35.1 Å². The van der Waals surface area contributed by atoms with Crippen LogP contribution in [0.2, 0.25) is 5.02 Å². The summed E-state index contributed by atoms with van der Waals surface area (Å²) in [6.45, 7) is 5.81. The number of benzene rings is 1. The van der Waals surface area contributed by atoms with Gasteiger partial charge in [0.1, 0.15) is 5.75 Å². The molecule has 0 saturated carbocycles. The Morgan fingerprint density at radius 1 is 1.29 bits per heavy atom. The molecule has 0 aliphatic carbocycles. The van der Waals surface area contributed by atoms with E-state index in [4.69, 9.17) is 16.3 Å². The number of carbonyl (C=O) groups is 1. The lowest BCUT2D eigenvalue weighted by Gasteiger charge is -2.24. The van der Waals surface area contributed by atoms with Crippen molar-refractivity contribution in [2.45, 2.75) is 36.6 Å². The molecule has 0 radical (unpaired) electrons. The Morgan fingerprint density at radius 3 is 2.58 bits per heavy atom. The highest BCUT2D eigenvalue weighted by molar-refractivity contribution is 7.99.